The first-order valence-corrected chi connectivity index (χ1v) is 6.40. The number of hydrogen-bond acceptors (Lipinski definition) is 0. The van der Waals surface area contributed by atoms with Crippen LogP contribution in [0.3, 0.4) is 0 Å². The molecule has 0 bridgehead atoms. The van der Waals surface area contributed by atoms with Crippen molar-refractivity contribution in [1.29, 1.82) is 0 Å². The summed E-state index contributed by atoms with van der Waals surface area (Å²) in [5, 5.41) is 0. The molecule has 0 aliphatic heterocycles. The molecule has 15 heavy (non-hydrogen) atoms. The molecule has 0 saturated heterocycles. The maximum atomic E-state index is 2.33. The summed E-state index contributed by atoms with van der Waals surface area (Å²) in [4.78, 5) is 0. The van der Waals surface area contributed by atoms with E-state index in [9.17, 15) is 0 Å². The van der Waals surface area contributed by atoms with Crippen molar-refractivity contribution in [3.05, 3.63) is 35.4 Å². The van der Waals surface area contributed by atoms with E-state index in [1.807, 2.05) is 13.8 Å². The van der Waals surface area contributed by atoms with E-state index in [1.54, 1.807) is 0 Å². The van der Waals surface area contributed by atoms with E-state index in [4.69, 9.17) is 0 Å². The SMILES string of the molecule is CC.Cc1cccc(CC2CCCC2)c1. The minimum Gasteiger partial charge on any atom is -0.0683 e. The van der Waals surface area contributed by atoms with Crippen LogP contribution in [-0.4, -0.2) is 0 Å². The molecule has 0 radical (unpaired) electrons. The monoisotopic (exact) mass is 204 g/mol. The van der Waals surface area contributed by atoms with Gasteiger partial charge in [0.1, 0.15) is 0 Å². The molecule has 1 aromatic carbocycles. The summed E-state index contributed by atoms with van der Waals surface area (Å²) in [7, 11) is 0. The van der Waals surface area contributed by atoms with Gasteiger partial charge in [0.2, 0.25) is 0 Å². The van der Waals surface area contributed by atoms with E-state index in [2.05, 4.69) is 31.2 Å². The first kappa shape index (κ1) is 12.3. The first-order valence-electron chi connectivity index (χ1n) is 6.40. The molecule has 2 rings (SSSR count). The third kappa shape index (κ3) is 4.07. The van der Waals surface area contributed by atoms with Crippen LogP contribution >= 0.6 is 0 Å². The molecule has 0 nitrogen and oxygen atoms in total. The number of aryl methyl sites for hydroxylation is 1. The Hall–Kier alpha value is -0.780. The highest BCUT2D eigenvalue weighted by Crippen LogP contribution is 2.27. The van der Waals surface area contributed by atoms with Gasteiger partial charge in [0.25, 0.3) is 0 Å². The van der Waals surface area contributed by atoms with Crippen LogP contribution in [0.5, 0.6) is 0 Å². The molecule has 0 atom stereocenters. The van der Waals surface area contributed by atoms with E-state index in [-0.39, 0.29) is 0 Å². The second-order valence-electron chi connectivity index (χ2n) is 4.34. The van der Waals surface area contributed by atoms with Crippen molar-refractivity contribution < 1.29 is 0 Å². The molecule has 0 N–H and O–H groups in total. The predicted octanol–water partition coefficient (Wildman–Crippen LogP) is 4.75. The Morgan fingerprint density at radius 1 is 1.13 bits per heavy atom. The van der Waals surface area contributed by atoms with Crippen LogP contribution in [0.1, 0.15) is 50.7 Å². The lowest BCUT2D eigenvalue weighted by atomic mass is 9.97. The lowest BCUT2D eigenvalue weighted by Gasteiger charge is -2.08. The van der Waals surface area contributed by atoms with Crippen LogP contribution in [0.15, 0.2) is 24.3 Å². The predicted molar refractivity (Wildman–Crippen MR) is 68.2 cm³/mol. The smallest absolute Gasteiger partial charge is 0.0250 e. The van der Waals surface area contributed by atoms with Gasteiger partial charge in [-0.25, -0.2) is 0 Å². The Morgan fingerprint density at radius 2 is 1.80 bits per heavy atom. The van der Waals surface area contributed by atoms with E-state index in [1.165, 1.54) is 43.2 Å². The minimum absolute atomic E-state index is 0.974. The molecular formula is C15H24. The van der Waals surface area contributed by atoms with Crippen LogP contribution in [0.4, 0.5) is 0 Å². The highest BCUT2D eigenvalue weighted by atomic mass is 14.2. The van der Waals surface area contributed by atoms with Crippen molar-refractivity contribution in [1.82, 2.24) is 0 Å². The Morgan fingerprint density at radius 3 is 2.40 bits per heavy atom. The highest BCUT2D eigenvalue weighted by molar-refractivity contribution is 5.22. The number of benzene rings is 1. The second-order valence-corrected chi connectivity index (χ2v) is 4.34. The van der Waals surface area contributed by atoms with Crippen LogP contribution in [0, 0.1) is 12.8 Å². The van der Waals surface area contributed by atoms with Gasteiger partial charge in [-0.1, -0.05) is 69.4 Å². The topological polar surface area (TPSA) is 0 Å². The van der Waals surface area contributed by atoms with Gasteiger partial charge < -0.3 is 0 Å². The molecule has 1 aromatic rings. The summed E-state index contributed by atoms with van der Waals surface area (Å²) in [5.41, 5.74) is 2.93. The Bertz CT molecular complexity index is 269. The quantitative estimate of drug-likeness (QED) is 0.652. The average Bonchev–Trinajstić information content (AvgIpc) is 2.74. The Kier molecular flexibility index (Phi) is 5.45. The van der Waals surface area contributed by atoms with Crippen molar-refractivity contribution in [2.75, 3.05) is 0 Å². The van der Waals surface area contributed by atoms with Gasteiger partial charge in [0.05, 0.1) is 0 Å². The van der Waals surface area contributed by atoms with Gasteiger partial charge in [-0.3, -0.25) is 0 Å². The average molecular weight is 204 g/mol. The summed E-state index contributed by atoms with van der Waals surface area (Å²) in [5.74, 6) is 0.974. The fourth-order valence-electron chi connectivity index (χ4n) is 2.39. The zero-order valence-electron chi connectivity index (χ0n) is 10.4. The fraction of sp³-hybridized carbons (Fsp3) is 0.600. The minimum atomic E-state index is 0.974. The van der Waals surface area contributed by atoms with Crippen molar-refractivity contribution in [2.45, 2.75) is 52.9 Å². The molecule has 84 valence electrons. The molecule has 1 aliphatic rings. The highest BCUT2D eigenvalue weighted by Gasteiger charge is 2.14. The van der Waals surface area contributed by atoms with Crippen molar-refractivity contribution in [3.63, 3.8) is 0 Å². The van der Waals surface area contributed by atoms with Crippen molar-refractivity contribution >= 4 is 0 Å². The normalized spacial score (nSPS) is 15.9. The molecule has 1 saturated carbocycles. The lowest BCUT2D eigenvalue weighted by Crippen LogP contribution is -1.98. The van der Waals surface area contributed by atoms with Crippen LogP contribution < -0.4 is 0 Å². The van der Waals surface area contributed by atoms with Gasteiger partial charge in [0.15, 0.2) is 0 Å². The zero-order chi connectivity index (χ0) is 11.1. The first-order chi connectivity index (χ1) is 7.34. The molecule has 0 aromatic heterocycles. The fourth-order valence-corrected chi connectivity index (χ4v) is 2.39. The molecule has 0 heteroatoms. The number of hydrogen-bond donors (Lipinski definition) is 0. The second kappa shape index (κ2) is 6.66. The lowest BCUT2D eigenvalue weighted by molar-refractivity contribution is 0.546. The van der Waals surface area contributed by atoms with Crippen molar-refractivity contribution in [2.24, 2.45) is 5.92 Å². The van der Waals surface area contributed by atoms with Gasteiger partial charge >= 0.3 is 0 Å². The molecule has 1 fully saturated rings. The van der Waals surface area contributed by atoms with Gasteiger partial charge in [-0.15, -0.1) is 0 Å². The van der Waals surface area contributed by atoms with Crippen LogP contribution in [0.25, 0.3) is 0 Å². The summed E-state index contributed by atoms with van der Waals surface area (Å²) in [6, 6.07) is 8.96. The van der Waals surface area contributed by atoms with E-state index < -0.39 is 0 Å². The Balaban J connectivity index is 0.000000531. The van der Waals surface area contributed by atoms with Gasteiger partial charge in [-0.05, 0) is 24.8 Å². The summed E-state index contributed by atoms with van der Waals surface area (Å²) in [6.45, 7) is 6.18. The summed E-state index contributed by atoms with van der Waals surface area (Å²) >= 11 is 0. The van der Waals surface area contributed by atoms with E-state index in [0.29, 0.717) is 0 Å². The third-order valence-corrected chi connectivity index (χ3v) is 3.08. The van der Waals surface area contributed by atoms with Gasteiger partial charge in [0, 0.05) is 0 Å². The van der Waals surface area contributed by atoms with Crippen molar-refractivity contribution in [3.8, 4) is 0 Å². The number of rotatable bonds is 2. The van der Waals surface area contributed by atoms with Gasteiger partial charge in [-0.2, -0.15) is 0 Å². The largest absolute Gasteiger partial charge is 0.0683 e. The van der Waals surface area contributed by atoms with E-state index in [0.717, 1.165) is 5.92 Å². The Labute approximate surface area is 94.7 Å². The standard InChI is InChI=1S/C13H18.C2H6/c1-11-5-4-8-13(9-11)10-12-6-2-3-7-12;1-2/h4-5,8-9,12H,2-3,6-7,10H2,1H3;1-2H3. The molecule has 0 spiro atoms. The molecule has 0 heterocycles. The van der Waals surface area contributed by atoms with Crippen LogP contribution in [0.2, 0.25) is 0 Å². The summed E-state index contributed by atoms with van der Waals surface area (Å²) in [6.07, 6.45) is 7.12. The zero-order valence-corrected chi connectivity index (χ0v) is 10.4. The third-order valence-electron chi connectivity index (χ3n) is 3.08. The molecular weight excluding hydrogens is 180 g/mol. The molecule has 0 unspecified atom stereocenters. The maximum absolute atomic E-state index is 2.33. The maximum Gasteiger partial charge on any atom is -0.0250 e. The van der Waals surface area contributed by atoms with E-state index >= 15 is 0 Å². The van der Waals surface area contributed by atoms with Crippen LogP contribution in [-0.2, 0) is 6.42 Å². The molecule has 1 aliphatic carbocycles. The summed E-state index contributed by atoms with van der Waals surface area (Å²) < 4.78 is 0. The molecule has 0 amide bonds.